The number of hydrogen-bond acceptors (Lipinski definition) is 1. The minimum absolute atomic E-state index is 0.167. The predicted molar refractivity (Wildman–Crippen MR) is 56.9 cm³/mol. The average Bonchev–Trinajstić information content (AvgIpc) is 2.10. The molecule has 1 rings (SSSR count). The molecule has 0 bridgehead atoms. The molecule has 1 aromatic rings. The maximum Gasteiger partial charge on any atom is 0.303 e. The van der Waals surface area contributed by atoms with Crippen LogP contribution in [0.3, 0.4) is 0 Å². The summed E-state index contributed by atoms with van der Waals surface area (Å²) in [5, 5.41) is 9.31. The molecule has 3 heteroatoms. The van der Waals surface area contributed by atoms with Crippen LogP contribution in [-0.4, -0.2) is 11.1 Å². The quantitative estimate of drug-likeness (QED) is 0.837. The predicted octanol–water partition coefficient (Wildman–Crippen LogP) is 2.97. The second-order valence-corrected chi connectivity index (χ2v) is 3.82. The smallest absolute Gasteiger partial charge is 0.303 e. The summed E-state index contributed by atoms with van der Waals surface area (Å²) >= 11 is 6.00. The zero-order chi connectivity index (χ0) is 10.7. The van der Waals surface area contributed by atoms with Gasteiger partial charge in [0.1, 0.15) is 0 Å². The zero-order valence-electron chi connectivity index (χ0n) is 8.30. The Balaban J connectivity index is 2.84. The highest BCUT2D eigenvalue weighted by Crippen LogP contribution is 2.22. The summed E-state index contributed by atoms with van der Waals surface area (Å²) in [5.41, 5.74) is 3.05. The number of hydrogen-bond donors (Lipinski definition) is 1. The summed E-state index contributed by atoms with van der Waals surface area (Å²) in [5.74, 6) is -0.768. The summed E-state index contributed by atoms with van der Waals surface area (Å²) in [6.07, 6.45) is 0.731. The van der Waals surface area contributed by atoms with Crippen molar-refractivity contribution in [2.75, 3.05) is 0 Å². The van der Waals surface area contributed by atoms with Gasteiger partial charge in [-0.1, -0.05) is 23.7 Å². The zero-order valence-corrected chi connectivity index (χ0v) is 9.06. The first-order chi connectivity index (χ1) is 6.50. The van der Waals surface area contributed by atoms with E-state index in [2.05, 4.69) is 0 Å². The molecule has 1 aromatic carbocycles. The highest BCUT2D eigenvalue weighted by atomic mass is 35.5. The Kier molecular flexibility index (Phi) is 3.53. The SMILES string of the molecule is Cc1cc(CCC(=O)O)cc(C)c1Cl. The lowest BCUT2D eigenvalue weighted by molar-refractivity contribution is -0.136. The van der Waals surface area contributed by atoms with Crippen molar-refractivity contribution in [1.29, 1.82) is 0 Å². The van der Waals surface area contributed by atoms with Crippen molar-refractivity contribution in [2.45, 2.75) is 26.7 Å². The van der Waals surface area contributed by atoms with Crippen LogP contribution < -0.4 is 0 Å². The summed E-state index contributed by atoms with van der Waals surface area (Å²) in [7, 11) is 0. The molecule has 2 nitrogen and oxygen atoms in total. The van der Waals surface area contributed by atoms with Crippen LogP contribution in [0, 0.1) is 13.8 Å². The minimum Gasteiger partial charge on any atom is -0.481 e. The van der Waals surface area contributed by atoms with E-state index < -0.39 is 5.97 Å². The van der Waals surface area contributed by atoms with Gasteiger partial charge in [0.25, 0.3) is 0 Å². The van der Waals surface area contributed by atoms with E-state index in [1.54, 1.807) is 0 Å². The number of carboxylic acids is 1. The fraction of sp³-hybridized carbons (Fsp3) is 0.364. The maximum absolute atomic E-state index is 10.4. The van der Waals surface area contributed by atoms with Crippen LogP contribution in [0.5, 0.6) is 0 Å². The van der Waals surface area contributed by atoms with E-state index in [4.69, 9.17) is 16.7 Å². The first-order valence-corrected chi connectivity index (χ1v) is 4.86. The van der Waals surface area contributed by atoms with Crippen molar-refractivity contribution in [1.82, 2.24) is 0 Å². The maximum atomic E-state index is 10.4. The fourth-order valence-corrected chi connectivity index (χ4v) is 1.54. The molecule has 0 aliphatic heterocycles. The molecular weight excluding hydrogens is 200 g/mol. The van der Waals surface area contributed by atoms with Crippen LogP contribution in [0.2, 0.25) is 5.02 Å². The highest BCUT2D eigenvalue weighted by Gasteiger charge is 2.04. The average molecular weight is 213 g/mol. The van der Waals surface area contributed by atoms with Crippen molar-refractivity contribution in [3.63, 3.8) is 0 Å². The Morgan fingerprint density at radius 3 is 2.29 bits per heavy atom. The normalized spacial score (nSPS) is 10.2. The largest absolute Gasteiger partial charge is 0.481 e. The molecule has 76 valence electrons. The first-order valence-electron chi connectivity index (χ1n) is 4.48. The van der Waals surface area contributed by atoms with Crippen molar-refractivity contribution >= 4 is 17.6 Å². The molecule has 0 aliphatic rings. The van der Waals surface area contributed by atoms with E-state index >= 15 is 0 Å². The second-order valence-electron chi connectivity index (χ2n) is 3.44. The summed E-state index contributed by atoms with van der Waals surface area (Å²) in [6, 6.07) is 3.89. The first kappa shape index (κ1) is 11.1. The van der Waals surface area contributed by atoms with Gasteiger partial charge in [0.2, 0.25) is 0 Å². The third-order valence-corrected chi connectivity index (χ3v) is 2.72. The lowest BCUT2D eigenvalue weighted by atomic mass is 10.0. The van der Waals surface area contributed by atoms with Crippen LogP contribution in [0.4, 0.5) is 0 Å². The van der Waals surface area contributed by atoms with Gasteiger partial charge in [-0.15, -0.1) is 0 Å². The molecule has 0 atom stereocenters. The molecule has 0 radical (unpaired) electrons. The minimum atomic E-state index is -0.768. The standard InChI is InChI=1S/C11H13ClO2/c1-7-5-9(3-4-10(13)14)6-8(2)11(7)12/h5-6H,3-4H2,1-2H3,(H,13,14). The Morgan fingerprint density at radius 1 is 1.36 bits per heavy atom. The van der Waals surface area contributed by atoms with Gasteiger partial charge in [-0.05, 0) is 37.0 Å². The van der Waals surface area contributed by atoms with Crippen molar-refractivity contribution in [2.24, 2.45) is 0 Å². The Morgan fingerprint density at radius 2 is 1.86 bits per heavy atom. The number of carbonyl (C=O) groups is 1. The molecule has 0 amide bonds. The molecule has 0 unspecified atom stereocenters. The number of benzene rings is 1. The molecule has 0 heterocycles. The van der Waals surface area contributed by atoms with E-state index in [-0.39, 0.29) is 6.42 Å². The molecule has 0 saturated carbocycles. The van der Waals surface area contributed by atoms with Gasteiger partial charge in [-0.3, -0.25) is 4.79 Å². The van der Waals surface area contributed by atoms with Crippen molar-refractivity contribution in [3.8, 4) is 0 Å². The van der Waals surface area contributed by atoms with Gasteiger partial charge in [-0.25, -0.2) is 0 Å². The Bertz CT molecular complexity index is 335. The van der Waals surface area contributed by atoms with E-state index in [1.807, 2.05) is 26.0 Å². The molecular formula is C11H13ClO2. The van der Waals surface area contributed by atoms with Gasteiger partial charge < -0.3 is 5.11 Å². The third-order valence-electron chi connectivity index (χ3n) is 2.12. The van der Waals surface area contributed by atoms with Crippen molar-refractivity contribution < 1.29 is 9.90 Å². The van der Waals surface area contributed by atoms with E-state index in [9.17, 15) is 4.79 Å². The number of aryl methyl sites for hydroxylation is 3. The van der Waals surface area contributed by atoms with Crippen LogP contribution in [0.1, 0.15) is 23.1 Å². The van der Waals surface area contributed by atoms with Gasteiger partial charge in [-0.2, -0.15) is 0 Å². The van der Waals surface area contributed by atoms with Crippen LogP contribution in [-0.2, 0) is 11.2 Å². The Hall–Kier alpha value is -1.02. The molecule has 0 aliphatic carbocycles. The lowest BCUT2D eigenvalue weighted by Crippen LogP contribution is -1.98. The van der Waals surface area contributed by atoms with Gasteiger partial charge in [0, 0.05) is 11.4 Å². The molecule has 0 fully saturated rings. The van der Waals surface area contributed by atoms with Crippen molar-refractivity contribution in [3.05, 3.63) is 33.8 Å². The molecule has 0 aromatic heterocycles. The molecule has 0 saturated heterocycles. The summed E-state index contributed by atoms with van der Waals surface area (Å²) in [4.78, 5) is 10.4. The molecule has 14 heavy (non-hydrogen) atoms. The number of carboxylic acid groups (broad SMARTS) is 1. The third kappa shape index (κ3) is 2.74. The topological polar surface area (TPSA) is 37.3 Å². The summed E-state index contributed by atoms with van der Waals surface area (Å²) < 4.78 is 0. The second kappa shape index (κ2) is 4.47. The monoisotopic (exact) mass is 212 g/mol. The van der Waals surface area contributed by atoms with Crippen LogP contribution in [0.25, 0.3) is 0 Å². The number of halogens is 1. The van der Waals surface area contributed by atoms with Crippen LogP contribution >= 0.6 is 11.6 Å². The van der Waals surface area contributed by atoms with Gasteiger partial charge in [0.05, 0.1) is 0 Å². The molecule has 0 spiro atoms. The Labute approximate surface area is 88.5 Å². The number of aliphatic carboxylic acids is 1. The van der Waals surface area contributed by atoms with E-state index in [0.717, 1.165) is 21.7 Å². The number of rotatable bonds is 3. The highest BCUT2D eigenvalue weighted by molar-refractivity contribution is 6.32. The molecule has 1 N–H and O–H groups in total. The van der Waals surface area contributed by atoms with E-state index in [1.165, 1.54) is 0 Å². The summed E-state index contributed by atoms with van der Waals surface area (Å²) in [6.45, 7) is 3.86. The van der Waals surface area contributed by atoms with Gasteiger partial charge >= 0.3 is 5.97 Å². The van der Waals surface area contributed by atoms with Crippen LogP contribution in [0.15, 0.2) is 12.1 Å². The van der Waals surface area contributed by atoms with E-state index in [0.29, 0.717) is 6.42 Å². The fourth-order valence-electron chi connectivity index (χ4n) is 1.43. The lowest BCUT2D eigenvalue weighted by Gasteiger charge is -2.06. The van der Waals surface area contributed by atoms with Gasteiger partial charge in [0.15, 0.2) is 0 Å².